The highest BCUT2D eigenvalue weighted by atomic mass is 35.7. The van der Waals surface area contributed by atoms with Gasteiger partial charge in [0.2, 0.25) is 0 Å². The second-order valence-electron chi connectivity index (χ2n) is 1.62. The molecular weight excluding hydrogens is 171 g/mol. The minimum absolute atomic E-state index is 0.431. The third kappa shape index (κ3) is 4.42. The first-order valence-electron chi connectivity index (χ1n) is 2.37. The number of halogens is 2. The van der Waals surface area contributed by atoms with E-state index in [1.807, 2.05) is 0 Å². The summed E-state index contributed by atoms with van der Waals surface area (Å²) in [5.41, 5.74) is 0. The number of terminal acetylenes is 2. The summed E-state index contributed by atoms with van der Waals surface area (Å²) in [6.07, 6.45) is 9.98. The lowest BCUT2D eigenvalue weighted by atomic mass is 10.8. The molecule has 3 heteroatoms. The first-order chi connectivity index (χ1) is 4.12. The van der Waals surface area contributed by atoms with Crippen LogP contribution in [-0.4, -0.2) is 6.69 Å². The second-order valence-corrected chi connectivity index (χ2v) is 8.96. The van der Waals surface area contributed by atoms with E-state index in [1.165, 1.54) is 0 Å². The van der Waals surface area contributed by atoms with Crippen molar-refractivity contribution >= 4 is 28.9 Å². The summed E-state index contributed by atoms with van der Waals surface area (Å²) in [6, 6.07) is 0.862. The van der Waals surface area contributed by atoms with E-state index in [0.717, 1.165) is 0 Å². The fraction of sp³-hybridized carbons (Fsp3) is 0.333. The van der Waals surface area contributed by atoms with Gasteiger partial charge in [0.25, 0.3) is 6.69 Å². The van der Waals surface area contributed by atoms with Gasteiger partial charge < -0.3 is 0 Å². The van der Waals surface area contributed by atoms with E-state index in [1.54, 1.807) is 0 Å². The van der Waals surface area contributed by atoms with Crippen LogP contribution in [0.4, 0.5) is 0 Å². The van der Waals surface area contributed by atoms with Crippen LogP contribution in [0, 0.1) is 24.7 Å². The number of hydrogen-bond acceptors (Lipinski definition) is 0. The Bertz CT molecular complexity index is 143. The van der Waals surface area contributed by atoms with Crippen molar-refractivity contribution in [3.63, 3.8) is 0 Å². The van der Waals surface area contributed by atoms with Crippen LogP contribution in [0.5, 0.6) is 0 Å². The lowest BCUT2D eigenvalue weighted by molar-refractivity contribution is 1.66. The molecule has 0 nitrogen and oxygen atoms in total. The molecule has 0 atom stereocenters. The zero-order valence-electron chi connectivity index (χ0n) is 4.82. The Morgan fingerprint density at radius 3 is 1.67 bits per heavy atom. The van der Waals surface area contributed by atoms with Crippen LogP contribution in [0.3, 0.4) is 0 Å². The summed E-state index contributed by atoms with van der Waals surface area (Å²) in [4.78, 5) is 0. The molecule has 0 bridgehead atoms. The second kappa shape index (κ2) is 3.85. The van der Waals surface area contributed by atoms with Crippen LogP contribution in [0.2, 0.25) is 12.1 Å². The van der Waals surface area contributed by atoms with Gasteiger partial charge in [0.05, 0.1) is 0 Å². The van der Waals surface area contributed by atoms with Crippen LogP contribution in [0.1, 0.15) is 0 Å². The van der Waals surface area contributed by atoms with E-state index in [-0.39, 0.29) is 0 Å². The van der Waals surface area contributed by atoms with Crippen LogP contribution >= 0.6 is 22.2 Å². The van der Waals surface area contributed by atoms with E-state index < -0.39 is 6.69 Å². The van der Waals surface area contributed by atoms with E-state index >= 15 is 0 Å². The lowest BCUT2D eigenvalue weighted by Gasteiger charge is -2.06. The Labute approximate surface area is 66.0 Å². The van der Waals surface area contributed by atoms with Crippen LogP contribution in [0.15, 0.2) is 0 Å². The molecule has 0 spiro atoms. The third-order valence-electron chi connectivity index (χ3n) is 0.721. The largest absolute Gasteiger partial charge is 0.274 e. The summed E-state index contributed by atoms with van der Waals surface area (Å²) in [5, 5.41) is 0. The standard InChI is InChI=1S/C6H6Cl2Si/c1-3-5-9(7,8)6-4-2/h1-2H,5-6H2. The van der Waals surface area contributed by atoms with Gasteiger partial charge in [-0.05, 0) is 0 Å². The molecule has 0 fully saturated rings. The molecule has 0 unspecified atom stereocenters. The first-order valence-corrected chi connectivity index (χ1v) is 6.81. The monoisotopic (exact) mass is 176 g/mol. The molecule has 48 valence electrons. The maximum absolute atomic E-state index is 5.76. The average Bonchev–Trinajstić information content (AvgIpc) is 1.64. The van der Waals surface area contributed by atoms with Crippen molar-refractivity contribution in [3.05, 3.63) is 0 Å². The molecule has 0 amide bonds. The van der Waals surface area contributed by atoms with Crippen molar-refractivity contribution in [1.82, 2.24) is 0 Å². The quantitative estimate of drug-likeness (QED) is 0.344. The molecule has 0 aromatic rings. The van der Waals surface area contributed by atoms with Crippen molar-refractivity contribution < 1.29 is 0 Å². The molecule has 0 aliphatic heterocycles. The Morgan fingerprint density at radius 2 is 1.44 bits per heavy atom. The minimum atomic E-state index is -2.23. The van der Waals surface area contributed by atoms with E-state index in [9.17, 15) is 0 Å². The molecule has 0 aliphatic rings. The van der Waals surface area contributed by atoms with E-state index in [0.29, 0.717) is 12.1 Å². The number of rotatable bonds is 2. The maximum atomic E-state index is 5.76. The summed E-state index contributed by atoms with van der Waals surface area (Å²) >= 11 is 11.5. The van der Waals surface area contributed by atoms with Gasteiger partial charge in [-0.3, -0.25) is 0 Å². The molecule has 0 rings (SSSR count). The van der Waals surface area contributed by atoms with E-state index in [4.69, 9.17) is 35.0 Å². The highest BCUT2D eigenvalue weighted by molar-refractivity contribution is 7.45. The molecule has 0 heterocycles. The SMILES string of the molecule is C#CC[Si](Cl)(Cl)CC#C. The summed E-state index contributed by atoms with van der Waals surface area (Å²) in [5.74, 6) is 4.79. The lowest BCUT2D eigenvalue weighted by Crippen LogP contribution is -2.15. The highest BCUT2D eigenvalue weighted by Gasteiger charge is 2.25. The Kier molecular flexibility index (Phi) is 3.82. The topological polar surface area (TPSA) is 0 Å². The molecule has 0 saturated heterocycles. The van der Waals surface area contributed by atoms with Crippen molar-refractivity contribution in [3.8, 4) is 24.7 Å². The maximum Gasteiger partial charge on any atom is 0.274 e. The average molecular weight is 177 g/mol. The van der Waals surface area contributed by atoms with Gasteiger partial charge in [-0.15, -0.1) is 46.8 Å². The van der Waals surface area contributed by atoms with Crippen LogP contribution in [-0.2, 0) is 0 Å². The fourth-order valence-corrected chi connectivity index (χ4v) is 2.01. The van der Waals surface area contributed by atoms with Gasteiger partial charge in [-0.25, -0.2) is 0 Å². The van der Waals surface area contributed by atoms with Gasteiger partial charge >= 0.3 is 0 Å². The van der Waals surface area contributed by atoms with Gasteiger partial charge in [0.15, 0.2) is 0 Å². The molecule has 0 radical (unpaired) electrons. The minimum Gasteiger partial charge on any atom is -0.144 e. The van der Waals surface area contributed by atoms with Crippen molar-refractivity contribution in [1.29, 1.82) is 0 Å². The number of hydrogen-bond donors (Lipinski definition) is 0. The van der Waals surface area contributed by atoms with Gasteiger partial charge in [-0.1, -0.05) is 0 Å². The Hall–Kier alpha value is -0.0831. The molecule has 0 aliphatic carbocycles. The smallest absolute Gasteiger partial charge is 0.144 e. The van der Waals surface area contributed by atoms with Crippen molar-refractivity contribution in [2.24, 2.45) is 0 Å². The summed E-state index contributed by atoms with van der Waals surface area (Å²) in [6.45, 7) is -2.23. The van der Waals surface area contributed by atoms with Crippen molar-refractivity contribution in [2.75, 3.05) is 0 Å². The van der Waals surface area contributed by atoms with Gasteiger partial charge in [0, 0.05) is 12.1 Å². The summed E-state index contributed by atoms with van der Waals surface area (Å²) in [7, 11) is 0. The van der Waals surface area contributed by atoms with E-state index in [2.05, 4.69) is 11.8 Å². The molecule has 9 heavy (non-hydrogen) atoms. The van der Waals surface area contributed by atoms with Gasteiger partial charge in [-0.2, -0.15) is 0 Å². The Morgan fingerprint density at radius 1 is 1.11 bits per heavy atom. The zero-order chi connectivity index (χ0) is 7.33. The van der Waals surface area contributed by atoms with Crippen LogP contribution < -0.4 is 0 Å². The normalized spacial score (nSPS) is 9.78. The molecule has 0 aromatic carbocycles. The predicted molar refractivity (Wildman–Crippen MR) is 44.7 cm³/mol. The van der Waals surface area contributed by atoms with Gasteiger partial charge in [0.1, 0.15) is 0 Å². The first kappa shape index (κ1) is 8.92. The molecule has 0 N–H and O–H groups in total. The zero-order valence-corrected chi connectivity index (χ0v) is 7.34. The highest BCUT2D eigenvalue weighted by Crippen LogP contribution is 2.23. The molecular formula is C6H6Cl2Si. The summed E-state index contributed by atoms with van der Waals surface area (Å²) < 4.78 is 0. The van der Waals surface area contributed by atoms with Crippen LogP contribution in [0.25, 0.3) is 0 Å². The predicted octanol–water partition coefficient (Wildman–Crippen LogP) is 2.17. The molecule has 0 aromatic heterocycles. The third-order valence-corrected chi connectivity index (χ3v) is 3.77. The van der Waals surface area contributed by atoms with Crippen molar-refractivity contribution in [2.45, 2.75) is 12.1 Å². The fourth-order valence-electron chi connectivity index (χ4n) is 0.361. The molecule has 0 saturated carbocycles. The Balaban J connectivity index is 3.77.